The average Bonchev–Trinajstić information content (AvgIpc) is 2.69. The average molecular weight is 363 g/mol. The Bertz CT molecular complexity index is 527. The van der Waals surface area contributed by atoms with Crippen molar-refractivity contribution in [3.8, 4) is 5.88 Å². The summed E-state index contributed by atoms with van der Waals surface area (Å²) in [4.78, 5) is 11.3. The second-order valence-electron chi connectivity index (χ2n) is 6.79. The molecule has 0 bridgehead atoms. The molecule has 0 amide bonds. The number of guanidine groups is 1. The van der Waals surface area contributed by atoms with E-state index in [0.717, 1.165) is 50.2 Å². The van der Waals surface area contributed by atoms with Crippen LogP contribution in [0.2, 0.25) is 0 Å². The maximum Gasteiger partial charge on any atom is 0.213 e. The van der Waals surface area contributed by atoms with Gasteiger partial charge < -0.3 is 19.7 Å². The minimum Gasteiger partial charge on any atom is -0.478 e. The predicted molar refractivity (Wildman–Crippen MR) is 106 cm³/mol. The fraction of sp³-hybridized carbons (Fsp3) is 0.700. The van der Waals surface area contributed by atoms with Crippen LogP contribution in [0.25, 0.3) is 0 Å². The third kappa shape index (κ3) is 7.20. The number of hydrogen-bond acceptors (Lipinski definition) is 4. The van der Waals surface area contributed by atoms with Crippen molar-refractivity contribution in [2.45, 2.75) is 46.1 Å². The van der Waals surface area contributed by atoms with Gasteiger partial charge in [0.25, 0.3) is 0 Å². The lowest BCUT2D eigenvalue weighted by molar-refractivity contribution is 0.0625. The van der Waals surface area contributed by atoms with Crippen LogP contribution in [0.15, 0.2) is 23.3 Å². The molecular formula is C20H34N4O2. The molecule has 0 atom stereocenters. The quantitative estimate of drug-likeness (QED) is 0.540. The normalized spacial score (nSPS) is 15.7. The summed E-state index contributed by atoms with van der Waals surface area (Å²) in [7, 11) is 2.11. The van der Waals surface area contributed by atoms with E-state index in [4.69, 9.17) is 14.5 Å². The standard InChI is InChI=1S/C20H34N4O2/c1-4-12-26-19-7-6-18(15-22-19)16-23-20(21-5-2)24(3)11-8-17-9-13-25-14-10-17/h6-7,15,17H,4-5,8-14,16H2,1-3H3,(H,21,23). The Morgan fingerprint density at radius 1 is 1.35 bits per heavy atom. The van der Waals surface area contributed by atoms with Crippen molar-refractivity contribution < 1.29 is 9.47 Å². The SMILES string of the molecule is CCCOc1ccc(CN=C(NCC)N(C)CCC2CCOCC2)cn1. The van der Waals surface area contributed by atoms with Crippen LogP contribution in [0, 0.1) is 5.92 Å². The Morgan fingerprint density at radius 3 is 2.81 bits per heavy atom. The highest BCUT2D eigenvalue weighted by Crippen LogP contribution is 2.18. The maximum atomic E-state index is 5.53. The molecule has 0 spiro atoms. The first kappa shape index (κ1) is 20.5. The summed E-state index contributed by atoms with van der Waals surface area (Å²) in [6.07, 6.45) is 6.38. The lowest BCUT2D eigenvalue weighted by atomic mass is 9.96. The number of aliphatic imine (C=N–C) groups is 1. The molecule has 6 nitrogen and oxygen atoms in total. The van der Waals surface area contributed by atoms with Crippen molar-refractivity contribution in [3.63, 3.8) is 0 Å². The third-order valence-electron chi connectivity index (χ3n) is 4.57. The first-order chi connectivity index (χ1) is 12.7. The van der Waals surface area contributed by atoms with Crippen molar-refractivity contribution in [2.75, 3.05) is 40.0 Å². The van der Waals surface area contributed by atoms with E-state index in [1.807, 2.05) is 18.3 Å². The van der Waals surface area contributed by atoms with E-state index >= 15 is 0 Å². The first-order valence-electron chi connectivity index (χ1n) is 9.87. The maximum absolute atomic E-state index is 5.53. The van der Waals surface area contributed by atoms with Crippen molar-refractivity contribution in [1.82, 2.24) is 15.2 Å². The van der Waals surface area contributed by atoms with E-state index < -0.39 is 0 Å². The molecule has 0 aliphatic carbocycles. The molecular weight excluding hydrogens is 328 g/mol. The molecule has 0 saturated carbocycles. The molecule has 0 aromatic carbocycles. The van der Waals surface area contributed by atoms with Gasteiger partial charge >= 0.3 is 0 Å². The molecule has 1 saturated heterocycles. The van der Waals surface area contributed by atoms with Crippen molar-refractivity contribution >= 4 is 5.96 Å². The number of pyridine rings is 1. The molecule has 1 aromatic rings. The lowest BCUT2D eigenvalue weighted by Crippen LogP contribution is -2.40. The zero-order valence-corrected chi connectivity index (χ0v) is 16.5. The van der Waals surface area contributed by atoms with Gasteiger partial charge in [0, 0.05) is 45.6 Å². The van der Waals surface area contributed by atoms with Crippen LogP contribution in [0.5, 0.6) is 5.88 Å². The van der Waals surface area contributed by atoms with Crippen molar-refractivity contribution in [1.29, 1.82) is 0 Å². The van der Waals surface area contributed by atoms with Gasteiger partial charge in [-0.2, -0.15) is 0 Å². The van der Waals surface area contributed by atoms with E-state index in [0.29, 0.717) is 19.0 Å². The van der Waals surface area contributed by atoms with Gasteiger partial charge in [0.15, 0.2) is 5.96 Å². The summed E-state index contributed by atoms with van der Waals surface area (Å²) in [5, 5.41) is 3.39. The topological polar surface area (TPSA) is 59.0 Å². The van der Waals surface area contributed by atoms with Gasteiger partial charge in [-0.1, -0.05) is 13.0 Å². The summed E-state index contributed by atoms with van der Waals surface area (Å²) in [5.74, 6) is 2.40. The molecule has 0 radical (unpaired) electrons. The highest BCUT2D eigenvalue weighted by Gasteiger charge is 2.15. The molecule has 26 heavy (non-hydrogen) atoms. The monoisotopic (exact) mass is 362 g/mol. The van der Waals surface area contributed by atoms with Crippen LogP contribution in [-0.2, 0) is 11.3 Å². The largest absolute Gasteiger partial charge is 0.478 e. The number of rotatable bonds is 9. The van der Waals surface area contributed by atoms with Gasteiger partial charge in [0.05, 0.1) is 13.2 Å². The zero-order chi connectivity index (χ0) is 18.6. The van der Waals surface area contributed by atoms with Crippen LogP contribution < -0.4 is 10.1 Å². The summed E-state index contributed by atoms with van der Waals surface area (Å²) >= 11 is 0. The van der Waals surface area contributed by atoms with Gasteiger partial charge in [0.1, 0.15) is 0 Å². The molecule has 1 N–H and O–H groups in total. The Hall–Kier alpha value is -1.82. The molecule has 146 valence electrons. The van der Waals surface area contributed by atoms with Gasteiger partial charge in [-0.15, -0.1) is 0 Å². The van der Waals surface area contributed by atoms with Crippen molar-refractivity contribution in [2.24, 2.45) is 10.9 Å². The third-order valence-corrected chi connectivity index (χ3v) is 4.57. The lowest BCUT2D eigenvalue weighted by Gasteiger charge is -2.26. The van der Waals surface area contributed by atoms with E-state index in [2.05, 4.69) is 36.1 Å². The molecule has 1 aliphatic rings. The first-order valence-corrected chi connectivity index (χ1v) is 9.87. The predicted octanol–water partition coefficient (Wildman–Crippen LogP) is 3.08. The fourth-order valence-corrected chi connectivity index (χ4v) is 2.95. The van der Waals surface area contributed by atoms with Crippen LogP contribution in [0.4, 0.5) is 0 Å². The zero-order valence-electron chi connectivity index (χ0n) is 16.5. The van der Waals surface area contributed by atoms with Crippen LogP contribution in [0.1, 0.15) is 45.1 Å². The molecule has 1 aliphatic heterocycles. The summed E-state index contributed by atoms with van der Waals surface area (Å²) in [5.41, 5.74) is 1.09. The van der Waals surface area contributed by atoms with Crippen LogP contribution >= 0.6 is 0 Å². The number of aromatic nitrogens is 1. The Labute approximate surface area is 158 Å². The molecule has 6 heteroatoms. The van der Waals surface area contributed by atoms with Crippen molar-refractivity contribution in [3.05, 3.63) is 23.9 Å². The van der Waals surface area contributed by atoms with Gasteiger partial charge in [-0.05, 0) is 44.1 Å². The summed E-state index contributed by atoms with van der Waals surface area (Å²) in [6, 6.07) is 3.95. The van der Waals surface area contributed by atoms with Crippen LogP contribution in [0.3, 0.4) is 0 Å². The fourth-order valence-electron chi connectivity index (χ4n) is 2.95. The number of ether oxygens (including phenoxy) is 2. The molecule has 1 fully saturated rings. The second-order valence-corrected chi connectivity index (χ2v) is 6.79. The van der Waals surface area contributed by atoms with E-state index in [9.17, 15) is 0 Å². The van der Waals surface area contributed by atoms with Gasteiger partial charge in [0.2, 0.25) is 5.88 Å². The molecule has 2 rings (SSSR count). The number of hydrogen-bond donors (Lipinski definition) is 1. The van der Waals surface area contributed by atoms with Gasteiger partial charge in [-0.25, -0.2) is 9.98 Å². The summed E-state index contributed by atoms with van der Waals surface area (Å²) in [6.45, 7) is 9.20. The Kier molecular flexibility index (Phi) is 9.24. The number of nitrogens with zero attached hydrogens (tertiary/aromatic N) is 3. The molecule has 0 unspecified atom stereocenters. The highest BCUT2D eigenvalue weighted by molar-refractivity contribution is 5.79. The van der Waals surface area contributed by atoms with E-state index in [1.54, 1.807) is 0 Å². The smallest absolute Gasteiger partial charge is 0.213 e. The number of nitrogens with one attached hydrogen (secondary N) is 1. The van der Waals surface area contributed by atoms with E-state index in [-0.39, 0.29) is 0 Å². The molecule has 1 aromatic heterocycles. The van der Waals surface area contributed by atoms with E-state index in [1.165, 1.54) is 19.3 Å². The minimum atomic E-state index is 0.616. The van der Waals surface area contributed by atoms with Gasteiger partial charge in [-0.3, -0.25) is 0 Å². The highest BCUT2D eigenvalue weighted by atomic mass is 16.5. The molecule has 2 heterocycles. The summed E-state index contributed by atoms with van der Waals surface area (Å²) < 4.78 is 11.0. The Morgan fingerprint density at radius 2 is 2.15 bits per heavy atom. The van der Waals surface area contributed by atoms with Crippen LogP contribution in [-0.4, -0.2) is 55.8 Å². The minimum absolute atomic E-state index is 0.616. The Balaban J connectivity index is 1.85. The second kappa shape index (κ2) is 11.7.